The first-order chi connectivity index (χ1) is 17.6. The summed E-state index contributed by atoms with van der Waals surface area (Å²) >= 11 is 0. The number of amides is 4. The van der Waals surface area contributed by atoms with Crippen LogP contribution >= 0.6 is 0 Å². The molecule has 182 valence electrons. The van der Waals surface area contributed by atoms with Crippen LogP contribution in [0.4, 0.5) is 26.7 Å². The van der Waals surface area contributed by atoms with E-state index in [4.69, 9.17) is 4.74 Å². The molecule has 0 aliphatic heterocycles. The topological polar surface area (TPSA) is 82.7 Å². The fourth-order valence-corrected chi connectivity index (χ4v) is 3.56. The van der Waals surface area contributed by atoms with E-state index >= 15 is 0 Å². The van der Waals surface area contributed by atoms with E-state index in [1.807, 2.05) is 116 Å². The number of aryl methyl sites for hydroxylation is 1. The molecular weight excluding hydrogens is 452 g/mol. The minimum absolute atomic E-state index is 0.252. The third kappa shape index (κ3) is 7.11. The number of carbonyl (C=O) groups is 2. The van der Waals surface area contributed by atoms with Crippen molar-refractivity contribution in [3.05, 3.63) is 115 Å². The molecular formula is C29H28N4O3. The molecule has 0 bridgehead atoms. The van der Waals surface area contributed by atoms with Crippen molar-refractivity contribution in [2.45, 2.75) is 6.92 Å². The smallest absolute Gasteiger partial charge is 0.326 e. The third-order valence-electron chi connectivity index (χ3n) is 5.29. The highest BCUT2D eigenvalue weighted by molar-refractivity contribution is 6.01. The first kappa shape index (κ1) is 24.3. The van der Waals surface area contributed by atoms with Crippen molar-refractivity contribution in [2.24, 2.45) is 0 Å². The van der Waals surface area contributed by atoms with Crippen LogP contribution in [0, 0.1) is 6.92 Å². The van der Waals surface area contributed by atoms with E-state index in [2.05, 4.69) is 16.0 Å². The highest BCUT2D eigenvalue weighted by Crippen LogP contribution is 2.25. The minimum Gasteiger partial charge on any atom is -0.457 e. The predicted octanol–water partition coefficient (Wildman–Crippen LogP) is 6.65. The fraction of sp³-hybridized carbons (Fsp3) is 0.103. The van der Waals surface area contributed by atoms with E-state index in [0.717, 1.165) is 11.3 Å². The van der Waals surface area contributed by atoms with Gasteiger partial charge >= 0.3 is 12.1 Å². The van der Waals surface area contributed by atoms with Gasteiger partial charge in [-0.2, -0.15) is 0 Å². The number of nitrogens with one attached hydrogen (secondary N) is 3. The van der Waals surface area contributed by atoms with Gasteiger partial charge in [0.05, 0.1) is 0 Å². The van der Waals surface area contributed by atoms with Gasteiger partial charge in [-0.3, -0.25) is 4.90 Å². The summed E-state index contributed by atoms with van der Waals surface area (Å²) in [5.74, 6) is 1.39. The largest absolute Gasteiger partial charge is 0.457 e. The van der Waals surface area contributed by atoms with Crippen LogP contribution in [-0.2, 0) is 0 Å². The molecule has 0 fully saturated rings. The van der Waals surface area contributed by atoms with Crippen molar-refractivity contribution in [1.29, 1.82) is 0 Å². The molecule has 0 aromatic heterocycles. The van der Waals surface area contributed by atoms with E-state index in [0.29, 0.717) is 22.8 Å². The molecule has 0 radical (unpaired) electrons. The van der Waals surface area contributed by atoms with Gasteiger partial charge in [-0.15, -0.1) is 0 Å². The lowest BCUT2D eigenvalue weighted by atomic mass is 10.2. The molecule has 7 nitrogen and oxygen atoms in total. The Bertz CT molecular complexity index is 1280. The standard InChI is InChI=1S/C29H28N4O3/c1-22-9-8-12-24(21-22)31-28(34)30-19-20-33(29(35)32-23-10-4-2-5-11-23)25-15-17-27(18-16-25)36-26-13-6-3-7-14-26/h2-18,21H,19-20H2,1H3,(H,32,35)(H2,30,31,34). The van der Waals surface area contributed by atoms with Crippen LogP contribution in [0.25, 0.3) is 0 Å². The zero-order valence-electron chi connectivity index (χ0n) is 20.0. The highest BCUT2D eigenvalue weighted by Gasteiger charge is 2.17. The maximum absolute atomic E-state index is 13.1. The number of anilines is 3. The van der Waals surface area contributed by atoms with Gasteiger partial charge in [-0.25, -0.2) is 9.59 Å². The minimum atomic E-state index is -0.337. The molecule has 4 aromatic rings. The Morgan fingerprint density at radius 2 is 1.36 bits per heavy atom. The van der Waals surface area contributed by atoms with Crippen LogP contribution in [0.15, 0.2) is 109 Å². The average Bonchev–Trinajstić information content (AvgIpc) is 2.88. The number of carbonyl (C=O) groups excluding carboxylic acids is 2. The summed E-state index contributed by atoms with van der Waals surface area (Å²) in [6, 6.07) is 32.9. The van der Waals surface area contributed by atoms with Gasteiger partial charge < -0.3 is 20.7 Å². The maximum atomic E-state index is 13.1. The SMILES string of the molecule is Cc1cccc(NC(=O)NCCN(C(=O)Nc2ccccc2)c2ccc(Oc3ccccc3)cc2)c1. The van der Waals surface area contributed by atoms with Crippen molar-refractivity contribution in [1.82, 2.24) is 5.32 Å². The van der Waals surface area contributed by atoms with Gasteiger partial charge in [0.1, 0.15) is 11.5 Å². The summed E-state index contributed by atoms with van der Waals surface area (Å²) in [5, 5.41) is 8.53. The number of ether oxygens (including phenoxy) is 1. The summed E-state index contributed by atoms with van der Waals surface area (Å²) in [6.45, 7) is 2.48. The first-order valence-electron chi connectivity index (χ1n) is 11.6. The van der Waals surface area contributed by atoms with E-state index < -0.39 is 0 Å². The summed E-state index contributed by atoms with van der Waals surface area (Å²) in [6.07, 6.45) is 0. The van der Waals surface area contributed by atoms with E-state index in [9.17, 15) is 9.59 Å². The van der Waals surface area contributed by atoms with Gasteiger partial charge in [0.25, 0.3) is 0 Å². The van der Waals surface area contributed by atoms with Crippen molar-refractivity contribution >= 4 is 29.1 Å². The van der Waals surface area contributed by atoms with Crippen LogP contribution in [0.5, 0.6) is 11.5 Å². The van der Waals surface area contributed by atoms with Gasteiger partial charge in [0, 0.05) is 30.2 Å². The van der Waals surface area contributed by atoms with E-state index in [1.54, 1.807) is 4.90 Å². The quantitative estimate of drug-likeness (QED) is 0.264. The predicted molar refractivity (Wildman–Crippen MR) is 144 cm³/mol. The lowest BCUT2D eigenvalue weighted by Crippen LogP contribution is -2.42. The second kappa shape index (κ2) is 12.1. The molecule has 0 saturated heterocycles. The molecule has 0 saturated carbocycles. The zero-order valence-corrected chi connectivity index (χ0v) is 20.0. The summed E-state index contributed by atoms with van der Waals surface area (Å²) in [4.78, 5) is 27.1. The molecule has 0 unspecified atom stereocenters. The maximum Gasteiger partial charge on any atom is 0.326 e. The molecule has 36 heavy (non-hydrogen) atoms. The third-order valence-corrected chi connectivity index (χ3v) is 5.29. The number of benzene rings is 4. The van der Waals surface area contributed by atoms with Crippen molar-refractivity contribution in [3.63, 3.8) is 0 Å². The van der Waals surface area contributed by atoms with Crippen molar-refractivity contribution in [2.75, 3.05) is 28.6 Å². The van der Waals surface area contributed by atoms with E-state index in [-0.39, 0.29) is 25.2 Å². The first-order valence-corrected chi connectivity index (χ1v) is 11.6. The Balaban J connectivity index is 1.42. The number of para-hydroxylation sites is 2. The molecule has 4 amide bonds. The number of hydrogen-bond donors (Lipinski definition) is 3. The van der Waals surface area contributed by atoms with Crippen LogP contribution in [0.1, 0.15) is 5.56 Å². The van der Waals surface area contributed by atoms with Crippen molar-refractivity contribution < 1.29 is 14.3 Å². The Morgan fingerprint density at radius 3 is 2.06 bits per heavy atom. The number of hydrogen-bond acceptors (Lipinski definition) is 3. The Kier molecular flexibility index (Phi) is 8.17. The molecule has 4 aromatic carbocycles. The lowest BCUT2D eigenvalue weighted by Gasteiger charge is -2.24. The molecule has 0 spiro atoms. The summed E-state index contributed by atoms with van der Waals surface area (Å²) in [7, 11) is 0. The zero-order chi connectivity index (χ0) is 25.2. The molecule has 0 heterocycles. The molecule has 3 N–H and O–H groups in total. The van der Waals surface area contributed by atoms with Crippen LogP contribution in [-0.4, -0.2) is 25.2 Å². The number of rotatable bonds is 8. The Labute approximate surface area is 210 Å². The Morgan fingerprint density at radius 1 is 0.722 bits per heavy atom. The number of nitrogens with zero attached hydrogens (tertiary/aromatic N) is 1. The summed E-state index contributed by atoms with van der Waals surface area (Å²) < 4.78 is 5.86. The fourth-order valence-electron chi connectivity index (χ4n) is 3.56. The monoisotopic (exact) mass is 480 g/mol. The van der Waals surface area contributed by atoms with Gasteiger partial charge in [0.2, 0.25) is 0 Å². The second-order valence-electron chi connectivity index (χ2n) is 8.11. The number of urea groups is 2. The van der Waals surface area contributed by atoms with Gasteiger partial charge in [-0.1, -0.05) is 48.5 Å². The van der Waals surface area contributed by atoms with Crippen LogP contribution in [0.3, 0.4) is 0 Å². The van der Waals surface area contributed by atoms with Crippen molar-refractivity contribution in [3.8, 4) is 11.5 Å². The molecule has 0 aliphatic carbocycles. The molecule has 7 heteroatoms. The Hall–Kier alpha value is -4.78. The van der Waals surface area contributed by atoms with E-state index in [1.165, 1.54) is 0 Å². The highest BCUT2D eigenvalue weighted by atomic mass is 16.5. The summed E-state index contributed by atoms with van der Waals surface area (Å²) in [5.41, 5.74) is 3.11. The molecule has 0 aliphatic rings. The van der Waals surface area contributed by atoms with Crippen LogP contribution < -0.4 is 25.6 Å². The molecule has 0 atom stereocenters. The second-order valence-corrected chi connectivity index (χ2v) is 8.11. The average molecular weight is 481 g/mol. The normalized spacial score (nSPS) is 10.2. The van der Waals surface area contributed by atoms with Gasteiger partial charge in [-0.05, 0) is 73.2 Å². The van der Waals surface area contributed by atoms with Gasteiger partial charge in [0.15, 0.2) is 0 Å². The van der Waals surface area contributed by atoms with Crippen LogP contribution in [0.2, 0.25) is 0 Å². The molecule has 4 rings (SSSR count). The lowest BCUT2D eigenvalue weighted by molar-refractivity contribution is 0.250.